The molecule has 0 aromatic heterocycles. The third-order valence-electron chi connectivity index (χ3n) is 1.50. The topological polar surface area (TPSA) is 18.5 Å². The summed E-state index contributed by atoms with van der Waals surface area (Å²) in [4.78, 5) is 0. The van der Waals surface area contributed by atoms with E-state index in [0.717, 1.165) is 17.9 Å². The molecule has 1 aliphatic rings. The smallest absolute Gasteiger partial charge is 0.160 e. The van der Waals surface area contributed by atoms with E-state index in [0.29, 0.717) is 13.2 Å². The SMILES string of the molecule is C=C/C=C1/OCCO/C1=C/CC.CC.CC. The predicted molar refractivity (Wildman–Crippen MR) is 71.3 cm³/mol. The van der Waals surface area contributed by atoms with Crippen molar-refractivity contribution in [2.75, 3.05) is 13.2 Å². The number of hydrogen-bond acceptors (Lipinski definition) is 2. The van der Waals surface area contributed by atoms with Crippen LogP contribution < -0.4 is 0 Å². The van der Waals surface area contributed by atoms with Gasteiger partial charge < -0.3 is 9.47 Å². The normalized spacial score (nSPS) is 18.3. The molecule has 0 aromatic rings. The zero-order valence-electron chi connectivity index (χ0n) is 11.4. The van der Waals surface area contributed by atoms with Crippen LogP contribution in [0.5, 0.6) is 0 Å². The third kappa shape index (κ3) is 7.16. The van der Waals surface area contributed by atoms with Gasteiger partial charge in [-0.3, -0.25) is 0 Å². The molecule has 0 aliphatic carbocycles. The Bertz CT molecular complexity index is 215. The van der Waals surface area contributed by atoms with E-state index in [1.807, 2.05) is 39.8 Å². The summed E-state index contributed by atoms with van der Waals surface area (Å²) in [6.07, 6.45) is 6.48. The Morgan fingerprint density at radius 2 is 1.56 bits per heavy atom. The molecule has 1 aliphatic heterocycles. The second kappa shape index (κ2) is 13.8. The molecule has 2 heteroatoms. The average Bonchev–Trinajstić information content (AvgIpc) is 2.37. The fourth-order valence-corrected chi connectivity index (χ4v) is 1.03. The summed E-state index contributed by atoms with van der Waals surface area (Å²) in [5.41, 5.74) is 0. The number of hydrogen-bond donors (Lipinski definition) is 0. The minimum absolute atomic E-state index is 0.626. The molecule has 0 N–H and O–H groups in total. The minimum Gasteiger partial charge on any atom is -0.486 e. The summed E-state index contributed by atoms with van der Waals surface area (Å²) in [7, 11) is 0. The van der Waals surface area contributed by atoms with Crippen molar-refractivity contribution in [2.45, 2.75) is 41.0 Å². The van der Waals surface area contributed by atoms with Crippen molar-refractivity contribution in [3.63, 3.8) is 0 Å². The lowest BCUT2D eigenvalue weighted by Crippen LogP contribution is -2.13. The number of ether oxygens (including phenoxy) is 2. The second-order valence-electron chi connectivity index (χ2n) is 2.44. The van der Waals surface area contributed by atoms with Gasteiger partial charge in [0.05, 0.1) is 0 Å². The van der Waals surface area contributed by atoms with Crippen molar-refractivity contribution in [3.8, 4) is 0 Å². The van der Waals surface area contributed by atoms with Crippen LogP contribution in [0, 0.1) is 0 Å². The molecular formula is C14H26O2. The maximum absolute atomic E-state index is 5.40. The summed E-state index contributed by atoms with van der Waals surface area (Å²) < 4.78 is 10.8. The molecular weight excluding hydrogens is 200 g/mol. The lowest BCUT2D eigenvalue weighted by atomic mass is 10.3. The summed E-state index contributed by atoms with van der Waals surface area (Å²) in [5.74, 6) is 1.63. The molecule has 0 unspecified atom stereocenters. The first-order valence-electron chi connectivity index (χ1n) is 6.17. The van der Waals surface area contributed by atoms with E-state index in [2.05, 4.69) is 13.5 Å². The molecule has 1 heterocycles. The lowest BCUT2D eigenvalue weighted by molar-refractivity contribution is 0.0591. The Hall–Kier alpha value is -1.18. The van der Waals surface area contributed by atoms with Gasteiger partial charge in [0, 0.05) is 0 Å². The molecule has 0 spiro atoms. The van der Waals surface area contributed by atoms with Crippen LogP contribution in [-0.4, -0.2) is 13.2 Å². The maximum atomic E-state index is 5.40. The first kappa shape index (κ1) is 17.2. The van der Waals surface area contributed by atoms with E-state index in [1.54, 1.807) is 6.08 Å². The van der Waals surface area contributed by atoms with E-state index < -0.39 is 0 Å². The molecule has 0 atom stereocenters. The Morgan fingerprint density at radius 3 is 2.00 bits per heavy atom. The first-order valence-corrected chi connectivity index (χ1v) is 6.17. The Kier molecular flexibility index (Phi) is 14.9. The monoisotopic (exact) mass is 226 g/mol. The van der Waals surface area contributed by atoms with Crippen LogP contribution in [0.2, 0.25) is 0 Å². The maximum Gasteiger partial charge on any atom is 0.160 e. The fourth-order valence-electron chi connectivity index (χ4n) is 1.03. The Balaban J connectivity index is 0. The van der Waals surface area contributed by atoms with Crippen molar-refractivity contribution in [1.82, 2.24) is 0 Å². The van der Waals surface area contributed by atoms with Crippen LogP contribution in [0.4, 0.5) is 0 Å². The zero-order chi connectivity index (χ0) is 12.8. The Morgan fingerprint density at radius 1 is 1.06 bits per heavy atom. The number of allylic oxidation sites excluding steroid dienone is 3. The summed E-state index contributed by atoms with van der Waals surface area (Å²) >= 11 is 0. The van der Waals surface area contributed by atoms with Gasteiger partial charge >= 0.3 is 0 Å². The molecule has 0 radical (unpaired) electrons. The van der Waals surface area contributed by atoms with Crippen molar-refractivity contribution >= 4 is 0 Å². The highest BCUT2D eigenvalue weighted by molar-refractivity contribution is 5.24. The molecule has 1 saturated heterocycles. The summed E-state index contributed by atoms with van der Waals surface area (Å²) in [6.45, 7) is 14.9. The van der Waals surface area contributed by atoms with Crippen molar-refractivity contribution in [3.05, 3.63) is 36.3 Å². The molecule has 94 valence electrons. The quantitative estimate of drug-likeness (QED) is 0.692. The molecule has 0 aromatic carbocycles. The summed E-state index contributed by atoms with van der Waals surface area (Å²) in [6, 6.07) is 0. The largest absolute Gasteiger partial charge is 0.486 e. The van der Waals surface area contributed by atoms with Crippen LogP contribution >= 0.6 is 0 Å². The van der Waals surface area contributed by atoms with Gasteiger partial charge in [0.1, 0.15) is 13.2 Å². The Labute approximate surface area is 101 Å². The summed E-state index contributed by atoms with van der Waals surface area (Å²) in [5, 5.41) is 0. The molecule has 1 rings (SSSR count). The van der Waals surface area contributed by atoms with Crippen molar-refractivity contribution in [2.24, 2.45) is 0 Å². The standard InChI is InChI=1S/C10H14O2.2C2H6/c1-3-5-9-10(6-4-2)12-8-7-11-9;2*1-2/h3,5-6H,1,4,7-8H2,2H3;2*1-2H3/b9-5+,10-6+;;. The molecule has 2 nitrogen and oxygen atoms in total. The van der Waals surface area contributed by atoms with Crippen molar-refractivity contribution < 1.29 is 9.47 Å². The van der Waals surface area contributed by atoms with Gasteiger partial charge in [0.2, 0.25) is 0 Å². The van der Waals surface area contributed by atoms with Gasteiger partial charge in [-0.05, 0) is 18.6 Å². The second-order valence-corrected chi connectivity index (χ2v) is 2.44. The molecule has 0 saturated carbocycles. The van der Waals surface area contributed by atoms with Gasteiger partial charge in [-0.2, -0.15) is 0 Å². The lowest BCUT2D eigenvalue weighted by Gasteiger charge is -2.20. The highest BCUT2D eigenvalue weighted by Crippen LogP contribution is 2.18. The van der Waals surface area contributed by atoms with E-state index >= 15 is 0 Å². The van der Waals surface area contributed by atoms with Gasteiger partial charge in [0.15, 0.2) is 11.5 Å². The highest BCUT2D eigenvalue weighted by Gasteiger charge is 2.11. The van der Waals surface area contributed by atoms with Gasteiger partial charge in [-0.15, -0.1) is 0 Å². The van der Waals surface area contributed by atoms with Crippen LogP contribution in [-0.2, 0) is 9.47 Å². The molecule has 16 heavy (non-hydrogen) atoms. The van der Waals surface area contributed by atoms with Crippen LogP contribution in [0.3, 0.4) is 0 Å². The van der Waals surface area contributed by atoms with Gasteiger partial charge in [-0.25, -0.2) is 0 Å². The van der Waals surface area contributed by atoms with Crippen molar-refractivity contribution in [1.29, 1.82) is 0 Å². The number of rotatable bonds is 2. The predicted octanol–water partition coefficient (Wildman–Crippen LogP) is 4.45. The minimum atomic E-state index is 0.626. The van der Waals surface area contributed by atoms with E-state index in [1.165, 1.54) is 0 Å². The van der Waals surface area contributed by atoms with Gasteiger partial charge in [0.25, 0.3) is 0 Å². The van der Waals surface area contributed by atoms with Crippen LogP contribution in [0.15, 0.2) is 36.3 Å². The van der Waals surface area contributed by atoms with E-state index in [9.17, 15) is 0 Å². The third-order valence-corrected chi connectivity index (χ3v) is 1.50. The van der Waals surface area contributed by atoms with Crippen LogP contribution in [0.25, 0.3) is 0 Å². The fraction of sp³-hybridized carbons (Fsp3) is 0.571. The highest BCUT2D eigenvalue weighted by atomic mass is 16.6. The molecule has 1 fully saturated rings. The zero-order valence-corrected chi connectivity index (χ0v) is 11.4. The molecule has 0 amide bonds. The van der Waals surface area contributed by atoms with E-state index in [-0.39, 0.29) is 0 Å². The van der Waals surface area contributed by atoms with Crippen LogP contribution in [0.1, 0.15) is 41.0 Å². The molecule has 0 bridgehead atoms. The van der Waals surface area contributed by atoms with E-state index in [4.69, 9.17) is 9.47 Å². The first-order chi connectivity index (χ1) is 7.88. The van der Waals surface area contributed by atoms with Gasteiger partial charge in [-0.1, -0.05) is 47.3 Å². The average molecular weight is 226 g/mol.